The summed E-state index contributed by atoms with van der Waals surface area (Å²) in [4.78, 5) is 29.4. The fourth-order valence-electron chi connectivity index (χ4n) is 1.94. The molecule has 144 valence electrons. The maximum atomic E-state index is 12.7. The van der Waals surface area contributed by atoms with Crippen molar-refractivity contribution >= 4 is 29.6 Å². The van der Waals surface area contributed by atoms with Crippen LogP contribution in [0, 0.1) is 17.0 Å². The van der Waals surface area contributed by atoms with Gasteiger partial charge in [0, 0.05) is 24.1 Å². The number of furan rings is 1. The fourth-order valence-corrected chi connectivity index (χ4v) is 2.78. The Bertz CT molecular complexity index is 842. The van der Waals surface area contributed by atoms with Crippen molar-refractivity contribution in [2.45, 2.75) is 24.9 Å². The Morgan fingerprint density at radius 2 is 2.22 bits per heavy atom. The molecule has 0 fully saturated rings. The maximum Gasteiger partial charge on any atom is 0.433 e. The van der Waals surface area contributed by atoms with Crippen LogP contribution >= 0.6 is 11.8 Å². The van der Waals surface area contributed by atoms with Crippen LogP contribution < -0.4 is 5.32 Å². The van der Waals surface area contributed by atoms with E-state index in [1.807, 2.05) is 0 Å². The van der Waals surface area contributed by atoms with Crippen molar-refractivity contribution < 1.29 is 22.9 Å². The topological polar surface area (TPSA) is 111 Å². The Kier molecular flexibility index (Phi) is 7.41. The van der Waals surface area contributed by atoms with E-state index >= 15 is 0 Å². The van der Waals surface area contributed by atoms with Gasteiger partial charge in [0.1, 0.15) is 16.4 Å². The average Bonchev–Trinajstić information content (AvgIpc) is 3.08. The van der Waals surface area contributed by atoms with E-state index in [1.54, 1.807) is 6.92 Å². The first kappa shape index (κ1) is 20.5. The molecule has 11 heteroatoms. The number of halogens is 2. The van der Waals surface area contributed by atoms with Gasteiger partial charge >= 0.3 is 5.88 Å². The number of hydrogen-bond donors (Lipinski definition) is 1. The molecule has 1 amide bonds. The minimum Gasteiger partial charge on any atom is -0.401 e. The molecule has 0 spiro atoms. The molecule has 2 aromatic rings. The Labute approximate surface area is 157 Å². The van der Waals surface area contributed by atoms with Crippen LogP contribution in [0.3, 0.4) is 0 Å². The van der Waals surface area contributed by atoms with Crippen LogP contribution in [0.15, 0.2) is 33.8 Å². The summed E-state index contributed by atoms with van der Waals surface area (Å²) in [7, 11) is 0. The van der Waals surface area contributed by atoms with Crippen LogP contribution in [-0.4, -0.2) is 33.1 Å². The van der Waals surface area contributed by atoms with Gasteiger partial charge in [0.2, 0.25) is 5.91 Å². The number of aryl methyl sites for hydroxylation is 1. The summed E-state index contributed by atoms with van der Waals surface area (Å²) in [6.45, 7) is 1.99. The molecule has 27 heavy (non-hydrogen) atoms. The molecule has 2 rings (SSSR count). The van der Waals surface area contributed by atoms with Gasteiger partial charge in [-0.1, -0.05) is 11.8 Å². The van der Waals surface area contributed by atoms with Gasteiger partial charge in [-0.25, -0.2) is 18.7 Å². The van der Waals surface area contributed by atoms with Gasteiger partial charge in [-0.2, -0.15) is 0 Å². The smallest absolute Gasteiger partial charge is 0.401 e. The number of nitro groups is 1. The van der Waals surface area contributed by atoms with Crippen molar-refractivity contribution in [3.8, 4) is 0 Å². The lowest BCUT2D eigenvalue weighted by Gasteiger charge is -2.05. The van der Waals surface area contributed by atoms with E-state index in [9.17, 15) is 23.7 Å². The molecule has 0 aromatic carbocycles. The average molecular weight is 398 g/mol. The van der Waals surface area contributed by atoms with Gasteiger partial charge in [-0.15, -0.1) is 0 Å². The first-order chi connectivity index (χ1) is 12.8. The molecule has 0 aliphatic rings. The van der Waals surface area contributed by atoms with Crippen molar-refractivity contribution in [3.05, 3.63) is 51.5 Å². The summed E-state index contributed by atoms with van der Waals surface area (Å²) in [6, 6.07) is 3.82. The van der Waals surface area contributed by atoms with Crippen molar-refractivity contribution in [1.82, 2.24) is 15.3 Å². The highest BCUT2D eigenvalue weighted by atomic mass is 32.2. The van der Waals surface area contributed by atoms with Crippen molar-refractivity contribution in [2.24, 2.45) is 0 Å². The van der Waals surface area contributed by atoms with E-state index in [-0.39, 0.29) is 22.5 Å². The van der Waals surface area contributed by atoms with Gasteiger partial charge in [0.05, 0.1) is 6.07 Å². The van der Waals surface area contributed by atoms with Gasteiger partial charge in [-0.05, 0) is 31.6 Å². The molecule has 0 unspecified atom stereocenters. The zero-order valence-corrected chi connectivity index (χ0v) is 15.0. The van der Waals surface area contributed by atoms with E-state index in [4.69, 9.17) is 4.42 Å². The van der Waals surface area contributed by atoms with Crippen molar-refractivity contribution in [2.75, 3.05) is 12.3 Å². The Balaban J connectivity index is 1.71. The molecule has 0 bridgehead atoms. The maximum absolute atomic E-state index is 12.7. The number of carbonyl (C=O) groups is 1. The third-order valence-electron chi connectivity index (χ3n) is 3.12. The lowest BCUT2D eigenvalue weighted by atomic mass is 10.3. The Morgan fingerprint density at radius 1 is 1.44 bits per heavy atom. The summed E-state index contributed by atoms with van der Waals surface area (Å²) in [6.07, 6.45) is 0.461. The minimum absolute atomic E-state index is 0.193. The van der Waals surface area contributed by atoms with Gasteiger partial charge < -0.3 is 9.73 Å². The molecule has 0 aliphatic carbocycles. The summed E-state index contributed by atoms with van der Waals surface area (Å²) in [5.74, 6) is -0.0503. The zero-order chi connectivity index (χ0) is 19.8. The van der Waals surface area contributed by atoms with Crippen LogP contribution in [0.2, 0.25) is 0 Å². The van der Waals surface area contributed by atoms with E-state index in [0.717, 1.165) is 0 Å². The monoisotopic (exact) mass is 398 g/mol. The number of aromatic nitrogens is 2. The van der Waals surface area contributed by atoms with E-state index in [2.05, 4.69) is 15.3 Å². The summed E-state index contributed by atoms with van der Waals surface area (Å²) >= 11 is 1.23. The first-order valence-electron chi connectivity index (χ1n) is 7.82. The second-order valence-corrected chi connectivity index (χ2v) is 6.34. The minimum atomic E-state index is -2.65. The summed E-state index contributed by atoms with van der Waals surface area (Å²) in [5, 5.41) is 13.4. The quantitative estimate of drug-likeness (QED) is 0.172. The van der Waals surface area contributed by atoms with Crippen molar-refractivity contribution in [3.63, 3.8) is 0 Å². The Hall–Kier alpha value is -2.82. The second kappa shape index (κ2) is 9.76. The number of amides is 1. The molecule has 1 N–H and O–H groups in total. The highest BCUT2D eigenvalue weighted by Gasteiger charge is 2.12. The summed E-state index contributed by atoms with van der Waals surface area (Å²) in [5.41, 5.74) is 0.168. The lowest BCUT2D eigenvalue weighted by Crippen LogP contribution is -2.22. The molecular formula is C16H16F2N4O4S. The van der Waals surface area contributed by atoms with E-state index in [0.29, 0.717) is 24.4 Å². The predicted molar refractivity (Wildman–Crippen MR) is 94.5 cm³/mol. The third kappa shape index (κ3) is 6.77. The number of hydrogen-bond acceptors (Lipinski definition) is 7. The largest absolute Gasteiger partial charge is 0.433 e. The van der Waals surface area contributed by atoms with Crippen LogP contribution in [0.1, 0.15) is 30.0 Å². The molecule has 0 radical (unpaired) electrons. The number of carbonyl (C=O) groups excluding carboxylic acids is 1. The highest BCUT2D eigenvalue weighted by molar-refractivity contribution is 7.99. The fraction of sp³-hybridized carbons (Fsp3) is 0.312. The normalized spacial score (nSPS) is 11.3. The standard InChI is InChI=1S/C16H16F2N4O4S/c1-10-9-12(15(17)18)21-16(20-10)27-8-2-7-19-13(23)5-3-11-4-6-14(26-11)22(24)25/h3-6,9,15H,2,7-8H2,1H3,(H,19,23). The SMILES string of the molecule is Cc1cc(C(F)F)nc(SCCCNC(=O)C=Cc2ccc([N+](=O)[O-])o2)n1. The molecule has 8 nitrogen and oxygen atoms in total. The van der Waals surface area contributed by atoms with Crippen LogP contribution in [0.5, 0.6) is 0 Å². The van der Waals surface area contributed by atoms with Gasteiger partial charge in [-0.3, -0.25) is 14.9 Å². The number of nitrogens with zero attached hydrogens (tertiary/aromatic N) is 3. The number of thioether (sulfide) groups is 1. The predicted octanol–water partition coefficient (Wildman–Crippen LogP) is 3.54. The van der Waals surface area contributed by atoms with E-state index < -0.39 is 17.2 Å². The second-order valence-electron chi connectivity index (χ2n) is 5.28. The number of rotatable bonds is 9. The summed E-state index contributed by atoms with van der Waals surface area (Å²) < 4.78 is 30.3. The molecule has 0 saturated heterocycles. The van der Waals surface area contributed by atoms with Crippen LogP contribution in [-0.2, 0) is 4.79 Å². The molecule has 2 aromatic heterocycles. The van der Waals surface area contributed by atoms with Crippen molar-refractivity contribution in [1.29, 1.82) is 0 Å². The zero-order valence-electron chi connectivity index (χ0n) is 14.2. The Morgan fingerprint density at radius 3 is 2.89 bits per heavy atom. The van der Waals surface area contributed by atoms with Gasteiger partial charge in [0.15, 0.2) is 5.16 Å². The lowest BCUT2D eigenvalue weighted by molar-refractivity contribution is -0.402. The molecule has 0 aliphatic heterocycles. The van der Waals surface area contributed by atoms with E-state index in [1.165, 1.54) is 42.1 Å². The number of nitrogens with one attached hydrogen (secondary N) is 1. The highest BCUT2D eigenvalue weighted by Crippen LogP contribution is 2.21. The molecule has 0 atom stereocenters. The first-order valence-corrected chi connectivity index (χ1v) is 8.80. The molecule has 0 saturated carbocycles. The third-order valence-corrected chi connectivity index (χ3v) is 4.05. The molecular weight excluding hydrogens is 382 g/mol. The molecule has 2 heterocycles. The van der Waals surface area contributed by atoms with Crippen LogP contribution in [0.25, 0.3) is 6.08 Å². The van der Waals surface area contributed by atoms with Gasteiger partial charge in [0.25, 0.3) is 6.43 Å². The van der Waals surface area contributed by atoms with Crippen LogP contribution in [0.4, 0.5) is 14.7 Å². The number of alkyl halides is 2.